The predicted octanol–water partition coefficient (Wildman–Crippen LogP) is 7.37. The largest absolute Gasteiger partial charge is 0.242 e. The van der Waals surface area contributed by atoms with Gasteiger partial charge in [0.1, 0.15) is 16.2 Å². The molecule has 32 heavy (non-hydrogen) atoms. The van der Waals surface area contributed by atoms with Gasteiger partial charge in [-0.1, -0.05) is 56.3 Å². The molecule has 0 atom stereocenters. The molecule has 0 amide bonds. The fourth-order valence-corrected chi connectivity index (χ4v) is 7.24. The summed E-state index contributed by atoms with van der Waals surface area (Å²) in [6, 6.07) is 15.2. The van der Waals surface area contributed by atoms with E-state index in [1.165, 1.54) is 49.7 Å². The lowest BCUT2D eigenvalue weighted by atomic mass is 9.99. The van der Waals surface area contributed by atoms with Gasteiger partial charge in [-0.25, -0.2) is 15.0 Å². The van der Waals surface area contributed by atoms with E-state index in [1.54, 1.807) is 17.7 Å². The Bertz CT molecular complexity index is 1460. The molecule has 5 heteroatoms. The van der Waals surface area contributed by atoms with Crippen LogP contribution in [0.3, 0.4) is 0 Å². The highest BCUT2D eigenvalue weighted by molar-refractivity contribution is 7.98. The van der Waals surface area contributed by atoms with E-state index >= 15 is 0 Å². The Labute approximate surface area is 196 Å². The molecule has 2 aromatic carbocycles. The molecule has 5 aromatic rings. The SMILES string of the molecule is CC(C)Cc1nc2sc3c(SCc4cccc5ccccc45)ncnc3c2c2c1CCC2. The fourth-order valence-electron chi connectivity index (χ4n) is 4.98. The highest BCUT2D eigenvalue weighted by atomic mass is 32.2. The number of fused-ring (bicyclic) bond motifs is 6. The second kappa shape index (κ2) is 8.13. The molecule has 0 bridgehead atoms. The lowest BCUT2D eigenvalue weighted by Gasteiger charge is -2.11. The Kier molecular flexibility index (Phi) is 5.11. The van der Waals surface area contributed by atoms with Gasteiger partial charge in [-0.3, -0.25) is 0 Å². The normalized spacial score (nSPS) is 13.6. The number of hydrogen-bond donors (Lipinski definition) is 0. The van der Waals surface area contributed by atoms with E-state index in [2.05, 4.69) is 56.3 Å². The molecule has 1 aliphatic rings. The number of thiophene rings is 1. The van der Waals surface area contributed by atoms with Crippen molar-refractivity contribution >= 4 is 54.3 Å². The third kappa shape index (κ3) is 3.39. The number of thioether (sulfide) groups is 1. The molecule has 0 spiro atoms. The first-order valence-electron chi connectivity index (χ1n) is 11.4. The molecule has 1 aliphatic carbocycles. The van der Waals surface area contributed by atoms with Crippen LogP contribution in [0.15, 0.2) is 53.8 Å². The minimum absolute atomic E-state index is 0.616. The summed E-state index contributed by atoms with van der Waals surface area (Å²) >= 11 is 3.59. The molecule has 6 rings (SSSR count). The lowest BCUT2D eigenvalue weighted by molar-refractivity contribution is 0.632. The van der Waals surface area contributed by atoms with Gasteiger partial charge < -0.3 is 0 Å². The number of hydrogen-bond acceptors (Lipinski definition) is 5. The molecule has 3 aromatic heterocycles. The van der Waals surface area contributed by atoms with Crippen molar-refractivity contribution in [2.75, 3.05) is 0 Å². The highest BCUT2D eigenvalue weighted by Gasteiger charge is 2.24. The standard InChI is InChI=1S/C27H25N3S2/c1-16(2)13-22-20-11-6-12-21(20)23-24-25(32-26(23)30-22)27(29-15-28-24)31-14-18-9-5-8-17-7-3-4-10-19(17)18/h3-5,7-10,15-16H,6,11-14H2,1-2H3. The molecule has 0 N–H and O–H groups in total. The topological polar surface area (TPSA) is 38.7 Å². The van der Waals surface area contributed by atoms with Crippen LogP contribution in [0.4, 0.5) is 0 Å². The van der Waals surface area contributed by atoms with Crippen LogP contribution in [0, 0.1) is 5.92 Å². The minimum atomic E-state index is 0.616. The zero-order chi connectivity index (χ0) is 21.7. The maximum absolute atomic E-state index is 5.17. The third-order valence-corrected chi connectivity index (χ3v) is 8.62. The number of pyridine rings is 1. The quantitative estimate of drug-likeness (QED) is 0.205. The van der Waals surface area contributed by atoms with E-state index in [0.717, 1.165) is 40.4 Å². The fraction of sp³-hybridized carbons (Fsp3) is 0.296. The Morgan fingerprint density at radius 2 is 1.84 bits per heavy atom. The maximum atomic E-state index is 5.17. The van der Waals surface area contributed by atoms with Crippen molar-refractivity contribution < 1.29 is 0 Å². The number of nitrogens with zero attached hydrogens (tertiary/aromatic N) is 3. The molecule has 0 aliphatic heterocycles. The van der Waals surface area contributed by atoms with Crippen molar-refractivity contribution in [3.63, 3.8) is 0 Å². The molecule has 0 fully saturated rings. The molecule has 160 valence electrons. The van der Waals surface area contributed by atoms with Crippen molar-refractivity contribution in [2.24, 2.45) is 5.92 Å². The van der Waals surface area contributed by atoms with E-state index in [4.69, 9.17) is 15.0 Å². The molecule has 0 radical (unpaired) electrons. The van der Waals surface area contributed by atoms with Crippen molar-refractivity contribution in [1.29, 1.82) is 0 Å². The van der Waals surface area contributed by atoms with Crippen LogP contribution in [0.2, 0.25) is 0 Å². The highest BCUT2D eigenvalue weighted by Crippen LogP contribution is 2.42. The minimum Gasteiger partial charge on any atom is -0.242 e. The van der Waals surface area contributed by atoms with E-state index < -0.39 is 0 Å². The van der Waals surface area contributed by atoms with Gasteiger partial charge in [0, 0.05) is 16.8 Å². The smallest absolute Gasteiger partial charge is 0.126 e. The van der Waals surface area contributed by atoms with Crippen molar-refractivity contribution in [3.05, 3.63) is 71.2 Å². The van der Waals surface area contributed by atoms with Crippen LogP contribution in [0.1, 0.15) is 42.7 Å². The summed E-state index contributed by atoms with van der Waals surface area (Å²) in [5.41, 5.74) is 6.75. The van der Waals surface area contributed by atoms with Crippen LogP contribution in [-0.4, -0.2) is 15.0 Å². The van der Waals surface area contributed by atoms with Gasteiger partial charge in [0.05, 0.1) is 10.2 Å². The summed E-state index contributed by atoms with van der Waals surface area (Å²) in [4.78, 5) is 15.8. The summed E-state index contributed by atoms with van der Waals surface area (Å²) in [5, 5.41) is 4.97. The van der Waals surface area contributed by atoms with Crippen LogP contribution < -0.4 is 0 Å². The Morgan fingerprint density at radius 3 is 2.75 bits per heavy atom. The van der Waals surface area contributed by atoms with Gasteiger partial charge in [-0.05, 0) is 59.1 Å². The zero-order valence-corrected chi connectivity index (χ0v) is 20.0. The second-order valence-corrected chi connectivity index (χ2v) is 11.0. The molecule has 3 nitrogen and oxygen atoms in total. The molecule has 3 heterocycles. The molecule has 0 saturated heterocycles. The van der Waals surface area contributed by atoms with E-state index in [1.807, 2.05) is 11.8 Å². The predicted molar refractivity (Wildman–Crippen MR) is 137 cm³/mol. The van der Waals surface area contributed by atoms with E-state index in [9.17, 15) is 0 Å². The molecule has 0 unspecified atom stereocenters. The van der Waals surface area contributed by atoms with Crippen LogP contribution in [0.25, 0.3) is 31.2 Å². The van der Waals surface area contributed by atoms with Crippen molar-refractivity contribution in [1.82, 2.24) is 15.0 Å². The average Bonchev–Trinajstić information content (AvgIpc) is 3.42. The zero-order valence-electron chi connectivity index (χ0n) is 18.4. The average molecular weight is 456 g/mol. The Hall–Kier alpha value is -2.50. The molecular formula is C27H25N3S2. The van der Waals surface area contributed by atoms with Crippen molar-refractivity contribution in [3.8, 4) is 0 Å². The number of aromatic nitrogens is 3. The summed E-state index contributed by atoms with van der Waals surface area (Å²) in [6.45, 7) is 4.57. The first-order chi connectivity index (χ1) is 15.7. The van der Waals surface area contributed by atoms with Crippen LogP contribution >= 0.6 is 23.1 Å². The third-order valence-electron chi connectivity index (χ3n) is 6.37. The van der Waals surface area contributed by atoms with Gasteiger partial charge in [0.15, 0.2) is 0 Å². The molecule has 0 saturated carbocycles. The number of benzene rings is 2. The van der Waals surface area contributed by atoms with Gasteiger partial charge in [-0.15, -0.1) is 23.1 Å². The van der Waals surface area contributed by atoms with Crippen LogP contribution in [0.5, 0.6) is 0 Å². The summed E-state index contributed by atoms with van der Waals surface area (Å²) in [7, 11) is 0. The molecular weight excluding hydrogens is 430 g/mol. The summed E-state index contributed by atoms with van der Waals surface area (Å²) < 4.78 is 1.19. The lowest BCUT2D eigenvalue weighted by Crippen LogP contribution is -2.03. The Balaban J connectivity index is 1.44. The maximum Gasteiger partial charge on any atom is 0.126 e. The van der Waals surface area contributed by atoms with Gasteiger partial charge >= 0.3 is 0 Å². The van der Waals surface area contributed by atoms with Gasteiger partial charge in [-0.2, -0.15) is 0 Å². The van der Waals surface area contributed by atoms with Crippen molar-refractivity contribution in [2.45, 2.75) is 50.3 Å². The first kappa shape index (κ1) is 20.1. The number of aryl methyl sites for hydroxylation is 1. The number of rotatable bonds is 5. The van der Waals surface area contributed by atoms with Gasteiger partial charge in [0.25, 0.3) is 0 Å². The summed E-state index contributed by atoms with van der Waals surface area (Å²) in [5.74, 6) is 1.51. The van der Waals surface area contributed by atoms with Crippen LogP contribution in [-0.2, 0) is 25.0 Å². The van der Waals surface area contributed by atoms with E-state index in [0.29, 0.717) is 5.92 Å². The van der Waals surface area contributed by atoms with E-state index in [-0.39, 0.29) is 0 Å². The Morgan fingerprint density at radius 1 is 1.00 bits per heavy atom. The summed E-state index contributed by atoms with van der Waals surface area (Å²) in [6.07, 6.45) is 6.33. The monoisotopic (exact) mass is 455 g/mol. The van der Waals surface area contributed by atoms with Gasteiger partial charge in [0.2, 0.25) is 0 Å². The first-order valence-corrected chi connectivity index (χ1v) is 13.2. The second-order valence-electron chi connectivity index (χ2n) is 9.03.